The Morgan fingerprint density at radius 1 is 0.935 bits per heavy atom. The number of aliphatic carboxylic acids is 1. The molecule has 184 valence electrons. The Morgan fingerprint density at radius 3 is 1.81 bits per heavy atom. The highest BCUT2D eigenvalue weighted by Gasteiger charge is 2.38. The first-order valence-corrected chi connectivity index (χ1v) is 12.1. The molecule has 0 spiro atoms. The van der Waals surface area contributed by atoms with Crippen molar-refractivity contribution in [2.24, 2.45) is 0 Å². The number of hydrogen-bond acceptors (Lipinski definition) is 6. The fourth-order valence-corrected chi connectivity index (χ4v) is 3.53. The fourth-order valence-electron chi connectivity index (χ4n) is 3.53. The van der Waals surface area contributed by atoms with E-state index in [9.17, 15) is 4.79 Å². The quantitative estimate of drug-likeness (QED) is 0.171. The molecule has 1 fully saturated rings. The third-order valence-electron chi connectivity index (χ3n) is 5.49. The van der Waals surface area contributed by atoms with Crippen LogP contribution in [-0.2, 0) is 9.53 Å². The van der Waals surface area contributed by atoms with E-state index in [-0.39, 0.29) is 6.61 Å². The molecule has 1 aliphatic heterocycles. The number of ether oxygens (including phenoxy) is 1. The van der Waals surface area contributed by atoms with Gasteiger partial charge in [-0.05, 0) is 12.8 Å². The van der Waals surface area contributed by atoms with Gasteiger partial charge < -0.3 is 30.3 Å². The van der Waals surface area contributed by atoms with Crippen LogP contribution in [0.1, 0.15) is 96.8 Å². The van der Waals surface area contributed by atoms with E-state index >= 15 is 0 Å². The van der Waals surface area contributed by atoms with Gasteiger partial charge in [0.05, 0.1) is 13.2 Å². The summed E-state index contributed by atoms with van der Waals surface area (Å²) < 4.78 is 4.82. The van der Waals surface area contributed by atoms with E-state index in [1.807, 2.05) is 0 Å². The van der Waals surface area contributed by atoms with E-state index in [4.69, 9.17) is 30.3 Å². The summed E-state index contributed by atoms with van der Waals surface area (Å²) >= 11 is 0. The second-order valence-electron chi connectivity index (χ2n) is 8.38. The van der Waals surface area contributed by atoms with Gasteiger partial charge in [-0.3, -0.25) is 0 Å². The van der Waals surface area contributed by atoms with E-state index in [0.29, 0.717) is 0 Å². The van der Waals surface area contributed by atoms with Gasteiger partial charge in [0.2, 0.25) is 0 Å². The predicted octanol–water partition coefficient (Wildman–Crippen LogP) is 3.57. The lowest BCUT2D eigenvalue weighted by Gasteiger charge is -2.18. The number of unbranched alkanes of at least 4 members (excludes halogenated alkanes) is 13. The van der Waals surface area contributed by atoms with Crippen LogP contribution in [-0.4, -0.2) is 69.1 Å². The molecule has 0 amide bonds. The first-order valence-electron chi connectivity index (χ1n) is 12.1. The number of hydrogen-bond donors (Lipinski definition) is 5. The molecule has 0 aliphatic carbocycles. The van der Waals surface area contributed by atoms with Crippen molar-refractivity contribution in [1.82, 2.24) is 0 Å². The average molecular weight is 447 g/mol. The van der Waals surface area contributed by atoms with Gasteiger partial charge in [-0.25, -0.2) is 4.79 Å². The number of rotatable bonds is 17. The van der Waals surface area contributed by atoms with Gasteiger partial charge in [-0.1, -0.05) is 90.0 Å². The van der Waals surface area contributed by atoms with Crippen LogP contribution in [0.25, 0.3) is 0 Å². The fraction of sp³-hybridized carbons (Fsp3) is 0.875. The minimum atomic E-state index is -1.12. The van der Waals surface area contributed by atoms with Crippen LogP contribution in [0, 0.1) is 0 Å². The van der Waals surface area contributed by atoms with Crippen LogP contribution < -0.4 is 0 Å². The zero-order valence-electron chi connectivity index (χ0n) is 19.3. The van der Waals surface area contributed by atoms with Crippen LogP contribution in [0.5, 0.6) is 0 Å². The Hall–Kier alpha value is -0.990. The molecule has 0 unspecified atom stereocenters. The van der Waals surface area contributed by atoms with Gasteiger partial charge in [-0.15, -0.1) is 0 Å². The molecule has 0 aromatic rings. The summed E-state index contributed by atoms with van der Waals surface area (Å²) in [6, 6.07) is 0. The SMILES string of the molecule is CCCCCCCCCCCCCCCC=CC(=O)O.OC[C@@H](O)[C@H]1OC[C@H](O)[C@H]1O. The van der Waals surface area contributed by atoms with Crippen molar-refractivity contribution in [2.45, 2.75) is 121 Å². The second-order valence-corrected chi connectivity index (χ2v) is 8.38. The predicted molar refractivity (Wildman–Crippen MR) is 122 cm³/mol. The van der Waals surface area contributed by atoms with Crippen LogP contribution in [0.3, 0.4) is 0 Å². The molecule has 4 atom stereocenters. The molecule has 1 saturated heterocycles. The molecule has 5 N–H and O–H groups in total. The van der Waals surface area contributed by atoms with Crippen molar-refractivity contribution < 1.29 is 35.1 Å². The lowest BCUT2D eigenvalue weighted by atomic mass is 10.0. The molecule has 0 radical (unpaired) electrons. The molecule has 0 saturated carbocycles. The zero-order valence-corrected chi connectivity index (χ0v) is 19.3. The highest BCUT2D eigenvalue weighted by atomic mass is 16.5. The van der Waals surface area contributed by atoms with Crippen molar-refractivity contribution in [3.63, 3.8) is 0 Å². The van der Waals surface area contributed by atoms with E-state index in [1.54, 1.807) is 6.08 Å². The van der Waals surface area contributed by atoms with Gasteiger partial charge in [0.25, 0.3) is 0 Å². The standard InChI is InChI=1S/C18H34O2.C6H12O5/c1-2-3-4-5-6-7-8-9-10-11-12-13-14-15-16-17-18(19)20;7-1-3(8)6-5(10)4(9)2-11-6/h16-17H,2-15H2,1H3,(H,19,20);3-10H,1-2H2/t;3-,4+,5-,6-/m.1/s1. The molecule has 1 rings (SSSR count). The summed E-state index contributed by atoms with van der Waals surface area (Å²) in [4.78, 5) is 10.2. The van der Waals surface area contributed by atoms with Gasteiger partial charge >= 0.3 is 5.97 Å². The van der Waals surface area contributed by atoms with Crippen molar-refractivity contribution in [3.05, 3.63) is 12.2 Å². The Bertz CT molecular complexity index is 442. The molecular formula is C24H46O7. The lowest BCUT2D eigenvalue weighted by Crippen LogP contribution is -2.40. The summed E-state index contributed by atoms with van der Waals surface area (Å²) in [7, 11) is 0. The maximum absolute atomic E-state index is 10.2. The van der Waals surface area contributed by atoms with Crippen molar-refractivity contribution in [3.8, 4) is 0 Å². The van der Waals surface area contributed by atoms with Gasteiger partial charge in [0.15, 0.2) is 0 Å². The summed E-state index contributed by atoms with van der Waals surface area (Å²) in [5, 5.41) is 44.0. The molecular weight excluding hydrogens is 400 g/mol. The number of allylic oxidation sites excluding steroid dienone is 1. The number of aliphatic hydroxyl groups excluding tert-OH is 4. The highest BCUT2D eigenvalue weighted by molar-refractivity contribution is 5.79. The van der Waals surface area contributed by atoms with Crippen LogP contribution >= 0.6 is 0 Å². The van der Waals surface area contributed by atoms with E-state index in [1.165, 1.54) is 83.1 Å². The van der Waals surface area contributed by atoms with Crippen molar-refractivity contribution in [1.29, 1.82) is 0 Å². The minimum Gasteiger partial charge on any atom is -0.478 e. The molecule has 0 bridgehead atoms. The largest absolute Gasteiger partial charge is 0.478 e. The van der Waals surface area contributed by atoms with Gasteiger partial charge in [-0.2, -0.15) is 0 Å². The summed E-state index contributed by atoms with van der Waals surface area (Å²) in [6.45, 7) is 1.79. The zero-order chi connectivity index (χ0) is 23.3. The number of carboxylic acid groups (broad SMARTS) is 1. The second kappa shape index (κ2) is 20.9. The number of aliphatic hydroxyl groups is 4. The van der Waals surface area contributed by atoms with Gasteiger partial charge in [0, 0.05) is 6.08 Å². The minimum absolute atomic E-state index is 0.00287. The lowest BCUT2D eigenvalue weighted by molar-refractivity contribution is -0.131. The number of carbonyl (C=O) groups is 1. The van der Waals surface area contributed by atoms with Crippen LogP contribution in [0.4, 0.5) is 0 Å². The topological polar surface area (TPSA) is 127 Å². The van der Waals surface area contributed by atoms with Crippen LogP contribution in [0.2, 0.25) is 0 Å². The average Bonchev–Trinajstić information content (AvgIpc) is 3.09. The smallest absolute Gasteiger partial charge is 0.327 e. The molecule has 31 heavy (non-hydrogen) atoms. The molecule has 0 aromatic carbocycles. The maximum atomic E-state index is 10.2. The molecule has 7 nitrogen and oxygen atoms in total. The highest BCUT2D eigenvalue weighted by Crippen LogP contribution is 2.17. The van der Waals surface area contributed by atoms with E-state index in [2.05, 4.69) is 6.92 Å². The summed E-state index contributed by atoms with van der Waals surface area (Å²) in [6.07, 6.45) is 17.5. The third-order valence-corrected chi connectivity index (χ3v) is 5.49. The monoisotopic (exact) mass is 446 g/mol. The van der Waals surface area contributed by atoms with Gasteiger partial charge in [0.1, 0.15) is 24.4 Å². The Balaban J connectivity index is 0.000000683. The van der Waals surface area contributed by atoms with E-state index < -0.39 is 37.0 Å². The molecule has 1 heterocycles. The van der Waals surface area contributed by atoms with Crippen molar-refractivity contribution >= 4 is 5.97 Å². The van der Waals surface area contributed by atoms with E-state index in [0.717, 1.165) is 12.8 Å². The first-order chi connectivity index (χ1) is 14.9. The van der Waals surface area contributed by atoms with Crippen LogP contribution in [0.15, 0.2) is 12.2 Å². The number of carboxylic acids is 1. The molecule has 0 aromatic heterocycles. The molecule has 1 aliphatic rings. The Labute approximate surface area is 188 Å². The normalized spacial score (nSPS) is 21.8. The van der Waals surface area contributed by atoms with Crippen molar-refractivity contribution in [2.75, 3.05) is 13.2 Å². The Kier molecular flexibility index (Phi) is 20.2. The molecule has 7 heteroatoms. The summed E-state index contributed by atoms with van der Waals surface area (Å²) in [5.41, 5.74) is 0. The maximum Gasteiger partial charge on any atom is 0.327 e. The third kappa shape index (κ3) is 17.3. The summed E-state index contributed by atoms with van der Waals surface area (Å²) in [5.74, 6) is -0.834. The first kappa shape index (κ1) is 30.0. The Morgan fingerprint density at radius 2 is 1.42 bits per heavy atom.